The maximum atomic E-state index is 5.91. The van der Waals surface area contributed by atoms with Crippen molar-refractivity contribution in [3.63, 3.8) is 0 Å². The third-order valence-electron chi connectivity index (χ3n) is 4.82. The second-order valence-corrected chi connectivity index (χ2v) is 7.15. The number of aryl methyl sites for hydroxylation is 1. The molecule has 1 atom stereocenters. The van der Waals surface area contributed by atoms with E-state index in [4.69, 9.17) is 4.74 Å². The van der Waals surface area contributed by atoms with Crippen molar-refractivity contribution in [1.29, 1.82) is 0 Å². The van der Waals surface area contributed by atoms with Crippen molar-refractivity contribution < 1.29 is 4.74 Å². The summed E-state index contributed by atoms with van der Waals surface area (Å²) in [7, 11) is 0. The predicted octanol–water partition coefficient (Wildman–Crippen LogP) is 5.57. The first kappa shape index (κ1) is 19.2. The molecule has 0 fully saturated rings. The van der Waals surface area contributed by atoms with Crippen LogP contribution in [0.25, 0.3) is 0 Å². The Hall–Kier alpha value is -2.58. The molecule has 0 saturated carbocycles. The summed E-state index contributed by atoms with van der Waals surface area (Å²) in [4.78, 5) is 0. The number of hydrogen-bond donors (Lipinski definition) is 1. The molecule has 3 aromatic rings. The van der Waals surface area contributed by atoms with Gasteiger partial charge in [0.25, 0.3) is 0 Å². The standard InChI is InChI=1S/C25H29NO/c1-20-10-9-15-24(18-20)27-19-21(2)26-17-16-25(22-11-5-3-6-12-22)23-13-7-4-8-14-23/h3-15,18,21,25-26H,16-17,19H2,1-2H3/t21-/m1/s1. The zero-order valence-electron chi connectivity index (χ0n) is 16.3. The van der Waals surface area contributed by atoms with Crippen LogP contribution in [0.4, 0.5) is 0 Å². The van der Waals surface area contributed by atoms with Gasteiger partial charge in [0, 0.05) is 12.0 Å². The molecule has 2 nitrogen and oxygen atoms in total. The average molecular weight is 360 g/mol. The Bertz CT molecular complexity index is 761. The summed E-state index contributed by atoms with van der Waals surface area (Å²) in [6.45, 7) is 5.88. The van der Waals surface area contributed by atoms with Crippen molar-refractivity contribution in [1.82, 2.24) is 5.32 Å². The Morgan fingerprint density at radius 3 is 2.04 bits per heavy atom. The van der Waals surface area contributed by atoms with Gasteiger partial charge in [-0.15, -0.1) is 0 Å². The van der Waals surface area contributed by atoms with E-state index < -0.39 is 0 Å². The summed E-state index contributed by atoms with van der Waals surface area (Å²) < 4.78 is 5.91. The molecule has 3 rings (SSSR count). The lowest BCUT2D eigenvalue weighted by atomic mass is 9.88. The highest BCUT2D eigenvalue weighted by molar-refractivity contribution is 5.32. The zero-order chi connectivity index (χ0) is 18.9. The fourth-order valence-corrected chi connectivity index (χ4v) is 3.36. The van der Waals surface area contributed by atoms with E-state index in [9.17, 15) is 0 Å². The summed E-state index contributed by atoms with van der Waals surface area (Å²) in [5.74, 6) is 1.35. The second kappa shape index (κ2) is 9.94. The zero-order valence-corrected chi connectivity index (χ0v) is 16.3. The highest BCUT2D eigenvalue weighted by Crippen LogP contribution is 2.27. The molecule has 0 bridgehead atoms. The molecule has 0 aliphatic rings. The molecular weight excluding hydrogens is 330 g/mol. The number of nitrogens with one attached hydrogen (secondary N) is 1. The van der Waals surface area contributed by atoms with Crippen LogP contribution in [-0.2, 0) is 0 Å². The van der Waals surface area contributed by atoms with Crippen LogP contribution in [0, 0.1) is 6.92 Å². The summed E-state index contributed by atoms with van der Waals surface area (Å²) >= 11 is 0. The van der Waals surface area contributed by atoms with Crippen LogP contribution >= 0.6 is 0 Å². The Morgan fingerprint density at radius 1 is 0.815 bits per heavy atom. The lowest BCUT2D eigenvalue weighted by Gasteiger charge is -2.20. The summed E-state index contributed by atoms with van der Waals surface area (Å²) in [6.07, 6.45) is 1.06. The lowest BCUT2D eigenvalue weighted by molar-refractivity contribution is 0.272. The maximum Gasteiger partial charge on any atom is 0.119 e. The van der Waals surface area contributed by atoms with E-state index in [1.807, 2.05) is 12.1 Å². The molecule has 3 aromatic carbocycles. The minimum Gasteiger partial charge on any atom is -0.492 e. The third-order valence-corrected chi connectivity index (χ3v) is 4.82. The second-order valence-electron chi connectivity index (χ2n) is 7.15. The van der Waals surface area contributed by atoms with Crippen molar-refractivity contribution in [2.75, 3.05) is 13.2 Å². The van der Waals surface area contributed by atoms with Gasteiger partial charge in [-0.2, -0.15) is 0 Å². The van der Waals surface area contributed by atoms with Gasteiger partial charge < -0.3 is 10.1 Å². The Kier molecular flexibility index (Phi) is 7.06. The van der Waals surface area contributed by atoms with Crippen LogP contribution in [0.1, 0.15) is 36.0 Å². The van der Waals surface area contributed by atoms with Gasteiger partial charge >= 0.3 is 0 Å². The van der Waals surface area contributed by atoms with E-state index in [-0.39, 0.29) is 0 Å². The summed E-state index contributed by atoms with van der Waals surface area (Å²) in [6, 6.07) is 30.1. The van der Waals surface area contributed by atoms with Gasteiger partial charge in [0.15, 0.2) is 0 Å². The molecular formula is C25H29NO. The van der Waals surface area contributed by atoms with Gasteiger partial charge in [0.1, 0.15) is 12.4 Å². The van der Waals surface area contributed by atoms with Gasteiger partial charge in [-0.1, -0.05) is 72.8 Å². The SMILES string of the molecule is Cc1cccc(OC[C@@H](C)NCCC(c2ccccc2)c2ccccc2)c1. The Labute approximate surface area is 163 Å². The van der Waals surface area contributed by atoms with Crippen molar-refractivity contribution >= 4 is 0 Å². The molecule has 2 heteroatoms. The maximum absolute atomic E-state index is 5.91. The molecule has 0 aromatic heterocycles. The highest BCUT2D eigenvalue weighted by Gasteiger charge is 2.14. The minimum atomic E-state index is 0.303. The monoisotopic (exact) mass is 359 g/mol. The number of hydrogen-bond acceptors (Lipinski definition) is 2. The van der Waals surface area contributed by atoms with Gasteiger partial charge in [-0.05, 0) is 55.6 Å². The van der Waals surface area contributed by atoms with Crippen molar-refractivity contribution in [3.05, 3.63) is 102 Å². The van der Waals surface area contributed by atoms with Crippen molar-refractivity contribution in [2.45, 2.75) is 32.2 Å². The van der Waals surface area contributed by atoms with Gasteiger partial charge in [0.2, 0.25) is 0 Å². The molecule has 1 N–H and O–H groups in total. The van der Waals surface area contributed by atoms with Crippen LogP contribution in [-0.4, -0.2) is 19.2 Å². The van der Waals surface area contributed by atoms with Gasteiger partial charge in [-0.25, -0.2) is 0 Å². The number of ether oxygens (including phenoxy) is 1. The van der Waals surface area contributed by atoms with E-state index >= 15 is 0 Å². The van der Waals surface area contributed by atoms with Gasteiger partial charge in [0.05, 0.1) is 0 Å². The largest absolute Gasteiger partial charge is 0.492 e. The van der Waals surface area contributed by atoms with Crippen LogP contribution in [0.5, 0.6) is 5.75 Å². The fraction of sp³-hybridized carbons (Fsp3) is 0.280. The van der Waals surface area contributed by atoms with Gasteiger partial charge in [-0.3, -0.25) is 0 Å². The first-order valence-corrected chi connectivity index (χ1v) is 9.75. The summed E-state index contributed by atoms with van der Waals surface area (Å²) in [5.41, 5.74) is 3.96. The smallest absolute Gasteiger partial charge is 0.119 e. The highest BCUT2D eigenvalue weighted by atomic mass is 16.5. The molecule has 0 amide bonds. The molecule has 0 aliphatic heterocycles. The Balaban J connectivity index is 1.53. The molecule has 0 aliphatic carbocycles. The minimum absolute atomic E-state index is 0.303. The molecule has 140 valence electrons. The van der Waals surface area contributed by atoms with E-state index in [0.29, 0.717) is 18.6 Å². The Morgan fingerprint density at radius 2 is 1.44 bits per heavy atom. The van der Waals surface area contributed by atoms with Crippen LogP contribution < -0.4 is 10.1 Å². The topological polar surface area (TPSA) is 21.3 Å². The average Bonchev–Trinajstić information content (AvgIpc) is 2.71. The first-order chi connectivity index (χ1) is 13.2. The molecule has 0 unspecified atom stereocenters. The number of benzene rings is 3. The normalized spacial score (nSPS) is 12.1. The van der Waals surface area contributed by atoms with Crippen LogP contribution in [0.3, 0.4) is 0 Å². The molecule has 0 radical (unpaired) electrons. The predicted molar refractivity (Wildman–Crippen MR) is 113 cm³/mol. The van der Waals surface area contributed by atoms with Crippen LogP contribution in [0.15, 0.2) is 84.9 Å². The van der Waals surface area contributed by atoms with E-state index in [0.717, 1.165) is 18.7 Å². The van der Waals surface area contributed by atoms with E-state index in [1.54, 1.807) is 0 Å². The lowest BCUT2D eigenvalue weighted by Crippen LogP contribution is -2.33. The van der Waals surface area contributed by atoms with Crippen LogP contribution in [0.2, 0.25) is 0 Å². The molecule has 27 heavy (non-hydrogen) atoms. The first-order valence-electron chi connectivity index (χ1n) is 9.75. The molecule has 0 heterocycles. The summed E-state index contributed by atoms with van der Waals surface area (Å²) in [5, 5.41) is 3.61. The van der Waals surface area contributed by atoms with Crippen molar-refractivity contribution in [2.24, 2.45) is 0 Å². The quantitative estimate of drug-likeness (QED) is 0.539. The van der Waals surface area contributed by atoms with E-state index in [2.05, 4.69) is 92.0 Å². The van der Waals surface area contributed by atoms with E-state index in [1.165, 1.54) is 16.7 Å². The van der Waals surface area contributed by atoms with Crippen molar-refractivity contribution in [3.8, 4) is 5.75 Å². The third kappa shape index (κ3) is 5.97. The molecule has 0 saturated heterocycles. The molecule has 0 spiro atoms. The fourth-order valence-electron chi connectivity index (χ4n) is 3.36. The number of rotatable bonds is 9.